The van der Waals surface area contributed by atoms with Crippen molar-refractivity contribution in [2.75, 3.05) is 19.8 Å². The third-order valence-corrected chi connectivity index (χ3v) is 2.69. The minimum absolute atomic E-state index is 0.236. The van der Waals surface area contributed by atoms with E-state index in [4.69, 9.17) is 19.9 Å². The van der Waals surface area contributed by atoms with Crippen molar-refractivity contribution in [3.8, 4) is 0 Å². The van der Waals surface area contributed by atoms with Gasteiger partial charge in [0.15, 0.2) is 6.29 Å². The van der Waals surface area contributed by atoms with Crippen LogP contribution in [-0.4, -0.2) is 35.6 Å². The van der Waals surface area contributed by atoms with Crippen molar-refractivity contribution >= 4 is 0 Å². The third kappa shape index (κ3) is 4.02. The van der Waals surface area contributed by atoms with E-state index in [0.717, 1.165) is 17.5 Å². The average molecular weight is 255 g/mol. The second kappa shape index (κ2) is 6.79. The van der Waals surface area contributed by atoms with E-state index in [0.29, 0.717) is 19.6 Å². The van der Waals surface area contributed by atoms with Gasteiger partial charge in [-0.25, -0.2) is 0 Å². The molecule has 100 valence electrons. The molecule has 1 fully saturated rings. The van der Waals surface area contributed by atoms with E-state index in [1.54, 1.807) is 0 Å². The van der Waals surface area contributed by atoms with Gasteiger partial charge in [-0.1, -0.05) is 24.3 Å². The summed E-state index contributed by atoms with van der Waals surface area (Å²) in [6, 6.07) is 7.99. The van der Waals surface area contributed by atoms with Crippen LogP contribution in [0.15, 0.2) is 24.3 Å². The Hall–Kier alpha value is -1.02. The number of ether oxygens (including phenoxy) is 2. The van der Waals surface area contributed by atoms with Crippen LogP contribution < -0.4 is 0 Å². The summed E-state index contributed by atoms with van der Waals surface area (Å²) in [5, 5.41) is 16.4. The van der Waals surface area contributed by atoms with Crippen LogP contribution in [0.1, 0.15) is 23.8 Å². The Bertz CT molecular complexity index is 348. The maximum absolute atomic E-state index is 8.35. The minimum atomic E-state index is -0.266. The van der Waals surface area contributed by atoms with Gasteiger partial charge in [0.1, 0.15) is 0 Å². The summed E-state index contributed by atoms with van der Waals surface area (Å²) >= 11 is 0. The van der Waals surface area contributed by atoms with E-state index in [2.05, 4.69) is 4.84 Å². The Morgan fingerprint density at radius 3 is 2.44 bits per heavy atom. The lowest BCUT2D eigenvalue weighted by atomic mass is 10.1. The Balaban J connectivity index is 1.76. The van der Waals surface area contributed by atoms with Crippen LogP contribution in [0.3, 0.4) is 0 Å². The maximum atomic E-state index is 8.35. The van der Waals surface area contributed by atoms with E-state index in [1.807, 2.05) is 24.3 Å². The second-order valence-corrected chi connectivity index (χ2v) is 4.00. The number of benzene rings is 1. The summed E-state index contributed by atoms with van der Waals surface area (Å²) in [4.78, 5) is 4.47. The van der Waals surface area contributed by atoms with Crippen molar-refractivity contribution in [1.29, 1.82) is 0 Å². The molecule has 2 N–H and O–H groups in total. The molecular formula is C12H17NO5. The average Bonchev–Trinajstić information content (AvgIpc) is 2.89. The number of hydrogen-bond donors (Lipinski definition) is 2. The monoisotopic (exact) mass is 255 g/mol. The van der Waals surface area contributed by atoms with E-state index < -0.39 is 0 Å². The van der Waals surface area contributed by atoms with Gasteiger partial charge in [-0.15, -0.1) is 0 Å². The summed E-state index contributed by atoms with van der Waals surface area (Å²) in [5.74, 6) is 0. The molecule has 6 nitrogen and oxygen atoms in total. The van der Waals surface area contributed by atoms with Crippen LogP contribution in [0.2, 0.25) is 0 Å². The zero-order valence-electron chi connectivity index (χ0n) is 9.99. The lowest BCUT2D eigenvalue weighted by Crippen LogP contribution is -2.15. The first-order chi connectivity index (χ1) is 8.75. The van der Waals surface area contributed by atoms with Crippen molar-refractivity contribution in [2.24, 2.45) is 0 Å². The van der Waals surface area contributed by atoms with Gasteiger partial charge in [0.05, 0.1) is 25.2 Å². The Morgan fingerprint density at radius 2 is 1.83 bits per heavy atom. The lowest BCUT2D eigenvalue weighted by Gasteiger charge is -2.10. The zero-order chi connectivity index (χ0) is 12.8. The van der Waals surface area contributed by atoms with Gasteiger partial charge in [0, 0.05) is 5.56 Å². The van der Waals surface area contributed by atoms with Crippen LogP contribution in [-0.2, 0) is 20.7 Å². The van der Waals surface area contributed by atoms with Crippen molar-refractivity contribution in [1.82, 2.24) is 5.39 Å². The molecule has 1 aliphatic rings. The van der Waals surface area contributed by atoms with Crippen LogP contribution in [0.4, 0.5) is 0 Å². The molecule has 1 aliphatic heterocycles. The van der Waals surface area contributed by atoms with Gasteiger partial charge in [-0.2, -0.15) is 0 Å². The highest BCUT2D eigenvalue weighted by molar-refractivity contribution is 5.23. The van der Waals surface area contributed by atoms with E-state index in [-0.39, 0.29) is 18.3 Å². The third-order valence-electron chi connectivity index (χ3n) is 2.69. The standard InChI is InChI=1S/C12H17NO5/c14-13(15)18-7-1-2-10-3-5-11(6-4-10)12-16-8-9-17-12/h3-6,12,14-15H,1-2,7-9H2. The maximum Gasteiger partial charge on any atom is 0.184 e. The summed E-state index contributed by atoms with van der Waals surface area (Å²) in [5.41, 5.74) is 2.17. The Labute approximate surface area is 105 Å². The number of hydrogen-bond acceptors (Lipinski definition) is 6. The fourth-order valence-electron chi connectivity index (χ4n) is 1.81. The van der Waals surface area contributed by atoms with Crippen LogP contribution in [0, 0.1) is 0 Å². The second-order valence-electron chi connectivity index (χ2n) is 4.00. The molecule has 0 aromatic heterocycles. The SMILES string of the molecule is ON(O)OCCCc1ccc(C2OCCO2)cc1. The summed E-state index contributed by atoms with van der Waals surface area (Å²) < 4.78 is 10.8. The first-order valence-electron chi connectivity index (χ1n) is 5.88. The number of aryl methyl sites for hydroxylation is 1. The highest BCUT2D eigenvalue weighted by atomic mass is 17.1. The minimum Gasteiger partial charge on any atom is -0.346 e. The molecule has 1 aromatic rings. The molecule has 0 amide bonds. The van der Waals surface area contributed by atoms with Gasteiger partial charge in [-0.05, 0) is 18.4 Å². The number of nitrogens with zero attached hydrogens (tertiary/aromatic N) is 1. The first-order valence-corrected chi connectivity index (χ1v) is 5.88. The summed E-state index contributed by atoms with van der Waals surface area (Å²) in [7, 11) is 0. The number of rotatable bonds is 6. The van der Waals surface area contributed by atoms with Gasteiger partial charge >= 0.3 is 0 Å². The molecule has 6 heteroatoms. The van der Waals surface area contributed by atoms with Crippen LogP contribution in [0.5, 0.6) is 0 Å². The molecule has 1 aromatic carbocycles. The van der Waals surface area contributed by atoms with Crippen molar-refractivity contribution < 1.29 is 24.7 Å². The highest BCUT2D eigenvalue weighted by Gasteiger charge is 2.17. The largest absolute Gasteiger partial charge is 0.346 e. The normalized spacial score (nSPS) is 16.6. The molecule has 18 heavy (non-hydrogen) atoms. The van der Waals surface area contributed by atoms with E-state index in [1.165, 1.54) is 0 Å². The molecule has 0 spiro atoms. The van der Waals surface area contributed by atoms with Crippen LogP contribution >= 0.6 is 0 Å². The molecule has 1 saturated heterocycles. The summed E-state index contributed by atoms with van der Waals surface area (Å²) in [6.07, 6.45) is 1.27. The molecule has 0 atom stereocenters. The quantitative estimate of drug-likeness (QED) is 0.595. The molecule has 0 unspecified atom stereocenters. The Kier molecular flexibility index (Phi) is 5.06. The molecule has 0 radical (unpaired) electrons. The van der Waals surface area contributed by atoms with Gasteiger partial charge in [0.2, 0.25) is 0 Å². The Morgan fingerprint density at radius 1 is 1.17 bits per heavy atom. The molecule has 2 rings (SSSR count). The highest BCUT2D eigenvalue weighted by Crippen LogP contribution is 2.23. The van der Waals surface area contributed by atoms with Crippen molar-refractivity contribution in [3.05, 3.63) is 35.4 Å². The molecule has 0 aliphatic carbocycles. The fourth-order valence-corrected chi connectivity index (χ4v) is 1.81. The van der Waals surface area contributed by atoms with Crippen molar-refractivity contribution in [3.63, 3.8) is 0 Å². The first kappa shape index (κ1) is 13.4. The van der Waals surface area contributed by atoms with Gasteiger partial charge < -0.3 is 9.47 Å². The molecule has 0 saturated carbocycles. The molecular weight excluding hydrogens is 238 g/mol. The molecule has 0 bridgehead atoms. The smallest absolute Gasteiger partial charge is 0.184 e. The zero-order valence-corrected chi connectivity index (χ0v) is 9.99. The van der Waals surface area contributed by atoms with Gasteiger partial charge in [0.25, 0.3) is 0 Å². The molecule has 1 heterocycles. The van der Waals surface area contributed by atoms with Crippen molar-refractivity contribution in [2.45, 2.75) is 19.1 Å². The topological polar surface area (TPSA) is 71.4 Å². The fraction of sp³-hybridized carbons (Fsp3) is 0.500. The predicted octanol–water partition coefficient (Wildman–Crippen LogP) is 1.68. The summed E-state index contributed by atoms with van der Waals surface area (Å²) in [6.45, 7) is 1.54. The van der Waals surface area contributed by atoms with E-state index >= 15 is 0 Å². The lowest BCUT2D eigenvalue weighted by molar-refractivity contribution is -0.492. The van der Waals surface area contributed by atoms with Crippen LogP contribution in [0.25, 0.3) is 0 Å². The van der Waals surface area contributed by atoms with Gasteiger partial charge in [-0.3, -0.25) is 15.3 Å². The predicted molar refractivity (Wildman–Crippen MR) is 60.8 cm³/mol. The van der Waals surface area contributed by atoms with E-state index in [9.17, 15) is 0 Å².